The zero-order chi connectivity index (χ0) is 18.7. The molecule has 9 nitrogen and oxygen atoms in total. The Labute approximate surface area is 143 Å². The number of rotatable bonds is 9. The van der Waals surface area contributed by atoms with Crippen LogP contribution in [0.1, 0.15) is 33.6 Å². The number of hydrogen-bond donors (Lipinski definition) is 4. The van der Waals surface area contributed by atoms with Crippen molar-refractivity contribution >= 4 is 35.5 Å². The summed E-state index contributed by atoms with van der Waals surface area (Å²) in [7, 11) is 0. The monoisotopic (exact) mass is 361 g/mol. The van der Waals surface area contributed by atoms with Crippen LogP contribution < -0.4 is 11.1 Å². The first-order chi connectivity index (χ1) is 10.9. The first-order valence-electron chi connectivity index (χ1n) is 7.36. The van der Waals surface area contributed by atoms with E-state index in [0.29, 0.717) is 0 Å². The van der Waals surface area contributed by atoms with Crippen molar-refractivity contribution in [1.29, 1.82) is 0 Å². The molecular weight excluding hydrogens is 338 g/mol. The highest BCUT2D eigenvalue weighted by Crippen LogP contribution is 2.38. The van der Waals surface area contributed by atoms with Gasteiger partial charge in [0.1, 0.15) is 12.6 Å². The molecule has 0 aromatic rings. The van der Waals surface area contributed by atoms with Crippen LogP contribution in [0.5, 0.6) is 0 Å². The lowest BCUT2D eigenvalue weighted by molar-refractivity contribution is -0.139. The van der Waals surface area contributed by atoms with E-state index in [1.165, 1.54) is 11.8 Å². The van der Waals surface area contributed by atoms with Gasteiger partial charge < -0.3 is 21.3 Å². The van der Waals surface area contributed by atoms with Gasteiger partial charge in [0, 0.05) is 16.9 Å². The minimum Gasteiger partial charge on any atom is -0.480 e. The minimum atomic E-state index is -1.35. The number of nitrogens with one attached hydrogen (secondary N) is 1. The van der Waals surface area contributed by atoms with Crippen molar-refractivity contribution in [2.45, 2.75) is 50.1 Å². The van der Waals surface area contributed by atoms with Gasteiger partial charge in [-0.25, -0.2) is 0 Å². The van der Waals surface area contributed by atoms with Gasteiger partial charge in [0.15, 0.2) is 0 Å². The summed E-state index contributed by atoms with van der Waals surface area (Å²) in [5.41, 5.74) is 4.00. The average molecular weight is 361 g/mol. The largest absolute Gasteiger partial charge is 0.480 e. The smallest absolute Gasteiger partial charge is 0.323 e. The van der Waals surface area contributed by atoms with Gasteiger partial charge in [-0.3, -0.25) is 24.1 Å². The lowest BCUT2D eigenvalue weighted by Gasteiger charge is -2.23. The Morgan fingerprint density at radius 3 is 2.38 bits per heavy atom. The summed E-state index contributed by atoms with van der Waals surface area (Å²) in [5.74, 6) is -3.18. The van der Waals surface area contributed by atoms with E-state index in [4.69, 9.17) is 15.9 Å². The molecule has 10 heteroatoms. The van der Waals surface area contributed by atoms with E-state index >= 15 is 0 Å². The number of nitrogens with zero attached hydrogens (tertiary/aromatic N) is 1. The Kier molecular flexibility index (Phi) is 6.23. The summed E-state index contributed by atoms with van der Waals surface area (Å²) in [4.78, 5) is 46.7. The van der Waals surface area contributed by atoms with Crippen LogP contribution >= 0.6 is 11.8 Å². The number of carbonyl (C=O) groups is 4. The molecule has 5 N–H and O–H groups in total. The summed E-state index contributed by atoms with van der Waals surface area (Å²) in [6, 6.07) is -1.17. The van der Waals surface area contributed by atoms with E-state index in [1.54, 1.807) is 0 Å². The van der Waals surface area contributed by atoms with Crippen LogP contribution in [0.4, 0.5) is 0 Å². The molecule has 1 saturated heterocycles. The topological polar surface area (TPSA) is 150 Å². The lowest BCUT2D eigenvalue weighted by atomic mass is 10.1. The lowest BCUT2D eigenvalue weighted by Crippen LogP contribution is -2.46. The predicted octanol–water partition coefficient (Wildman–Crippen LogP) is -0.550. The van der Waals surface area contributed by atoms with E-state index in [9.17, 15) is 19.2 Å². The fraction of sp³-hybridized carbons (Fsp3) is 0.714. The molecule has 0 bridgehead atoms. The molecule has 1 heterocycles. The maximum atomic E-state index is 12.1. The van der Waals surface area contributed by atoms with Crippen LogP contribution in [0.3, 0.4) is 0 Å². The Morgan fingerprint density at radius 2 is 1.92 bits per heavy atom. The van der Waals surface area contributed by atoms with Gasteiger partial charge in [-0.1, -0.05) is 20.8 Å². The van der Waals surface area contributed by atoms with E-state index in [1.807, 2.05) is 20.8 Å². The standard InChI is InChI=1S/C14H23N3O6S/c1-13(2,3)24-7-14(12(23)17(14)6-10(19)20)16-9(18)5-4-8(15)11(21)22/h8H,4-7,15H2,1-3H3,(H,16,18)(H,19,20)(H,21,22). The van der Waals surface area contributed by atoms with Gasteiger partial charge in [-0.2, -0.15) is 11.8 Å². The Bertz CT molecular complexity index is 547. The SMILES string of the molecule is CC(C)(C)SCC1(NC(=O)CCC(N)C(=O)O)C(=O)N1CC(=O)O. The number of carbonyl (C=O) groups excluding carboxylic acids is 2. The molecule has 0 saturated carbocycles. The highest BCUT2D eigenvalue weighted by molar-refractivity contribution is 8.00. The number of carboxylic acids is 2. The molecule has 0 aromatic carbocycles. The van der Waals surface area contributed by atoms with Gasteiger partial charge in [-0.15, -0.1) is 0 Å². The van der Waals surface area contributed by atoms with E-state index in [2.05, 4.69) is 5.32 Å². The average Bonchev–Trinajstić information content (AvgIpc) is 2.96. The maximum absolute atomic E-state index is 12.1. The third kappa shape index (κ3) is 5.38. The van der Waals surface area contributed by atoms with Gasteiger partial charge >= 0.3 is 11.9 Å². The van der Waals surface area contributed by atoms with Crippen LogP contribution in [0, 0.1) is 0 Å². The first kappa shape index (κ1) is 20.2. The van der Waals surface area contributed by atoms with Crippen LogP contribution in [-0.4, -0.2) is 67.6 Å². The first-order valence-corrected chi connectivity index (χ1v) is 8.35. The molecule has 1 aliphatic heterocycles. The van der Waals surface area contributed by atoms with Crippen molar-refractivity contribution in [3.05, 3.63) is 0 Å². The zero-order valence-electron chi connectivity index (χ0n) is 13.9. The molecule has 1 rings (SSSR count). The molecule has 0 spiro atoms. The molecule has 136 valence electrons. The van der Waals surface area contributed by atoms with E-state index in [0.717, 1.165) is 4.90 Å². The summed E-state index contributed by atoms with van der Waals surface area (Å²) >= 11 is 1.42. The molecule has 0 aliphatic carbocycles. The van der Waals surface area contributed by atoms with Crippen LogP contribution in [0.25, 0.3) is 0 Å². The molecule has 0 aromatic heterocycles. The second-order valence-electron chi connectivity index (χ2n) is 6.58. The highest BCUT2D eigenvalue weighted by Gasteiger charge is 2.64. The summed E-state index contributed by atoms with van der Waals surface area (Å²) in [5, 5.41) is 20.1. The van der Waals surface area contributed by atoms with Gasteiger partial charge in [0.25, 0.3) is 5.91 Å². The molecule has 1 fully saturated rings. The van der Waals surface area contributed by atoms with Crippen LogP contribution in [0.2, 0.25) is 0 Å². The van der Waals surface area contributed by atoms with Crippen molar-refractivity contribution in [1.82, 2.24) is 10.2 Å². The second kappa shape index (κ2) is 7.39. The van der Waals surface area contributed by atoms with Gasteiger partial charge in [0.05, 0.1) is 0 Å². The molecule has 0 radical (unpaired) electrons. The molecule has 2 unspecified atom stereocenters. The molecule has 1 aliphatic rings. The highest BCUT2D eigenvalue weighted by atomic mass is 32.2. The summed E-state index contributed by atoms with van der Waals surface area (Å²) in [6.45, 7) is 5.31. The number of aliphatic carboxylic acids is 2. The molecular formula is C14H23N3O6S. The molecule has 2 atom stereocenters. The van der Waals surface area contributed by atoms with Gasteiger partial charge in [0.2, 0.25) is 11.6 Å². The van der Waals surface area contributed by atoms with E-state index < -0.39 is 42.0 Å². The Hall–Kier alpha value is -1.81. The van der Waals surface area contributed by atoms with Gasteiger partial charge in [-0.05, 0) is 6.42 Å². The van der Waals surface area contributed by atoms with E-state index in [-0.39, 0.29) is 23.3 Å². The fourth-order valence-electron chi connectivity index (χ4n) is 1.97. The third-order valence-corrected chi connectivity index (χ3v) is 4.79. The fourth-order valence-corrected chi connectivity index (χ4v) is 2.96. The second-order valence-corrected chi connectivity index (χ2v) is 8.38. The predicted molar refractivity (Wildman–Crippen MR) is 87.3 cm³/mol. The number of carboxylic acid groups (broad SMARTS) is 2. The van der Waals surface area contributed by atoms with Crippen molar-refractivity contribution in [2.24, 2.45) is 5.73 Å². The number of thioether (sulfide) groups is 1. The molecule has 2 amide bonds. The third-order valence-electron chi connectivity index (χ3n) is 3.36. The normalized spacial score (nSPS) is 21.3. The van der Waals surface area contributed by atoms with Crippen molar-refractivity contribution in [2.75, 3.05) is 12.3 Å². The summed E-state index contributed by atoms with van der Waals surface area (Å²) < 4.78 is -0.179. The summed E-state index contributed by atoms with van der Waals surface area (Å²) in [6.07, 6.45) is -0.236. The number of nitrogens with two attached hydrogens (primary N) is 1. The number of hydrogen-bond acceptors (Lipinski definition) is 6. The minimum absolute atomic E-state index is 0.0726. The maximum Gasteiger partial charge on any atom is 0.323 e. The Morgan fingerprint density at radius 1 is 1.33 bits per heavy atom. The van der Waals surface area contributed by atoms with Crippen LogP contribution in [0.15, 0.2) is 0 Å². The molecule has 24 heavy (non-hydrogen) atoms. The zero-order valence-corrected chi connectivity index (χ0v) is 14.7. The van der Waals surface area contributed by atoms with Crippen molar-refractivity contribution < 1.29 is 29.4 Å². The Balaban J connectivity index is 2.73. The van der Waals surface area contributed by atoms with Crippen LogP contribution in [-0.2, 0) is 19.2 Å². The number of amides is 2. The quantitative estimate of drug-likeness (QED) is 0.400. The van der Waals surface area contributed by atoms with Crippen molar-refractivity contribution in [3.8, 4) is 0 Å². The van der Waals surface area contributed by atoms with Crippen molar-refractivity contribution in [3.63, 3.8) is 0 Å².